The van der Waals surface area contributed by atoms with Crippen molar-refractivity contribution in [2.75, 3.05) is 6.61 Å². The summed E-state index contributed by atoms with van der Waals surface area (Å²) < 4.78 is 32.5. The number of alkyl halides is 1. The molecule has 0 radical (unpaired) electrons. The number of nitrogens with zero attached hydrogens (tertiary/aromatic N) is 1. The summed E-state index contributed by atoms with van der Waals surface area (Å²) in [4.78, 5) is 50.4. The first kappa shape index (κ1) is 22.2. The van der Waals surface area contributed by atoms with Crippen molar-refractivity contribution < 1.29 is 28.2 Å². The zero-order valence-electron chi connectivity index (χ0n) is 17.1. The van der Waals surface area contributed by atoms with Crippen LogP contribution in [0.5, 0.6) is 0 Å². The van der Waals surface area contributed by atoms with E-state index in [4.69, 9.17) is 14.2 Å². The van der Waals surface area contributed by atoms with Crippen molar-refractivity contribution in [3.63, 3.8) is 0 Å². The van der Waals surface area contributed by atoms with Gasteiger partial charge in [0, 0.05) is 12.3 Å². The van der Waals surface area contributed by atoms with E-state index in [1.807, 2.05) is 4.98 Å². The van der Waals surface area contributed by atoms with Gasteiger partial charge in [0.25, 0.3) is 5.56 Å². The molecule has 1 fully saturated rings. The molecule has 10 heteroatoms. The molecule has 4 rings (SSSR count). The highest BCUT2D eigenvalue weighted by Crippen LogP contribution is 2.33. The van der Waals surface area contributed by atoms with E-state index in [0.29, 0.717) is 0 Å². The molecule has 0 saturated carbocycles. The van der Waals surface area contributed by atoms with E-state index in [1.165, 1.54) is 12.1 Å². The molecule has 0 spiro atoms. The second kappa shape index (κ2) is 9.61. The number of carbonyl (C=O) groups is 2. The Balaban J connectivity index is 1.56. The zero-order chi connectivity index (χ0) is 23.4. The van der Waals surface area contributed by atoms with Gasteiger partial charge in [0.05, 0.1) is 11.1 Å². The van der Waals surface area contributed by atoms with Gasteiger partial charge in [-0.25, -0.2) is 18.8 Å². The Morgan fingerprint density at radius 3 is 2.15 bits per heavy atom. The fourth-order valence-corrected chi connectivity index (χ4v) is 3.40. The molecule has 0 unspecified atom stereocenters. The van der Waals surface area contributed by atoms with E-state index < -0.39 is 54.4 Å². The fraction of sp³-hybridized carbons (Fsp3) is 0.217. The minimum absolute atomic E-state index is 0.189. The summed E-state index contributed by atoms with van der Waals surface area (Å²) in [5, 5.41) is 0. The summed E-state index contributed by atoms with van der Waals surface area (Å²) in [6.45, 7) is -0.435. The number of hydrogen-bond acceptors (Lipinski definition) is 7. The summed E-state index contributed by atoms with van der Waals surface area (Å²) in [7, 11) is 0. The van der Waals surface area contributed by atoms with Crippen LogP contribution >= 0.6 is 0 Å². The van der Waals surface area contributed by atoms with Crippen molar-refractivity contribution in [1.82, 2.24) is 9.55 Å². The highest BCUT2D eigenvalue weighted by molar-refractivity contribution is 5.90. The van der Waals surface area contributed by atoms with Crippen molar-refractivity contribution in [2.45, 2.75) is 24.6 Å². The van der Waals surface area contributed by atoms with Gasteiger partial charge in [-0.2, -0.15) is 0 Å². The number of ether oxygens (including phenoxy) is 3. The van der Waals surface area contributed by atoms with E-state index in [1.54, 1.807) is 48.5 Å². The van der Waals surface area contributed by atoms with Crippen LogP contribution in [0.15, 0.2) is 82.5 Å². The van der Waals surface area contributed by atoms with Gasteiger partial charge in [-0.05, 0) is 24.3 Å². The molecule has 1 N–H and O–H groups in total. The number of nitrogens with one attached hydrogen (secondary N) is 1. The van der Waals surface area contributed by atoms with Crippen LogP contribution in [-0.2, 0) is 14.2 Å². The summed E-state index contributed by atoms with van der Waals surface area (Å²) in [5.41, 5.74) is -1.09. The third-order valence-corrected chi connectivity index (χ3v) is 5.03. The minimum atomic E-state index is -1.98. The molecule has 33 heavy (non-hydrogen) atoms. The topological polar surface area (TPSA) is 117 Å². The zero-order valence-corrected chi connectivity index (χ0v) is 17.1. The highest BCUT2D eigenvalue weighted by Gasteiger charge is 2.49. The van der Waals surface area contributed by atoms with Gasteiger partial charge in [-0.3, -0.25) is 14.3 Å². The van der Waals surface area contributed by atoms with E-state index >= 15 is 4.39 Å². The molecule has 1 aliphatic heterocycles. The number of aromatic amines is 1. The van der Waals surface area contributed by atoms with Gasteiger partial charge >= 0.3 is 17.6 Å². The molecular formula is C23H19FN2O7. The van der Waals surface area contributed by atoms with Crippen LogP contribution in [0.4, 0.5) is 4.39 Å². The molecule has 9 nitrogen and oxygen atoms in total. The number of esters is 2. The molecule has 1 saturated heterocycles. The number of benzene rings is 2. The van der Waals surface area contributed by atoms with Gasteiger partial charge in [0.1, 0.15) is 12.7 Å². The lowest BCUT2D eigenvalue weighted by atomic mass is 10.1. The summed E-state index contributed by atoms with van der Waals surface area (Å²) in [6, 6.07) is 17.1. The van der Waals surface area contributed by atoms with E-state index in [9.17, 15) is 19.2 Å². The van der Waals surface area contributed by atoms with Crippen molar-refractivity contribution in [3.05, 3.63) is 105 Å². The predicted octanol–water partition coefficient (Wildman–Crippen LogP) is 1.85. The van der Waals surface area contributed by atoms with Crippen LogP contribution in [0.2, 0.25) is 0 Å². The number of rotatable bonds is 6. The van der Waals surface area contributed by atoms with Gasteiger partial charge < -0.3 is 14.2 Å². The first-order valence-corrected chi connectivity index (χ1v) is 10.0. The van der Waals surface area contributed by atoms with Gasteiger partial charge in [0.2, 0.25) is 0 Å². The largest absolute Gasteiger partial charge is 0.459 e. The Hall–Kier alpha value is -4.05. The van der Waals surface area contributed by atoms with E-state index in [2.05, 4.69) is 0 Å². The van der Waals surface area contributed by atoms with E-state index in [0.717, 1.165) is 16.8 Å². The Bertz CT molecular complexity index is 1240. The molecule has 0 amide bonds. The maximum absolute atomic E-state index is 15.4. The van der Waals surface area contributed by atoms with Crippen molar-refractivity contribution >= 4 is 11.9 Å². The molecule has 2 heterocycles. The van der Waals surface area contributed by atoms with Crippen LogP contribution in [0, 0.1) is 0 Å². The lowest BCUT2D eigenvalue weighted by molar-refractivity contribution is -0.0592. The smallest absolute Gasteiger partial charge is 0.338 e. The van der Waals surface area contributed by atoms with Crippen LogP contribution in [0.1, 0.15) is 26.9 Å². The standard InChI is InChI=1S/C23H19FN2O7/c24-18-19(33-22(29)15-9-5-2-6-10-15)16(13-31-21(28)14-7-3-1-4-8-14)32-20(18)26-12-11-17(27)25-23(26)30/h1-12,16,18-20H,13H2,(H,25,27,30)/t16-,18+,19-,20-/m1/s1. The maximum atomic E-state index is 15.4. The molecule has 0 aliphatic carbocycles. The SMILES string of the molecule is O=C(OC[C@H]1O[C@@H](n2ccc(=O)[nH]c2=O)[C@@H](F)[C@@H]1OC(=O)c1ccccc1)c1ccccc1. The van der Waals surface area contributed by atoms with Crippen molar-refractivity contribution in [2.24, 2.45) is 0 Å². The van der Waals surface area contributed by atoms with Crippen LogP contribution in [-0.4, -0.2) is 46.5 Å². The maximum Gasteiger partial charge on any atom is 0.338 e. The first-order valence-electron chi connectivity index (χ1n) is 10.0. The average Bonchev–Trinajstić information content (AvgIpc) is 3.13. The molecule has 2 aromatic carbocycles. The predicted molar refractivity (Wildman–Crippen MR) is 112 cm³/mol. The van der Waals surface area contributed by atoms with Gasteiger partial charge in [-0.15, -0.1) is 0 Å². The molecule has 170 valence electrons. The van der Waals surface area contributed by atoms with E-state index in [-0.39, 0.29) is 11.1 Å². The Morgan fingerprint density at radius 1 is 0.939 bits per heavy atom. The molecule has 3 aromatic rings. The first-order chi connectivity index (χ1) is 15.9. The van der Waals surface area contributed by atoms with Gasteiger partial charge in [0.15, 0.2) is 18.5 Å². The summed E-state index contributed by atoms with van der Waals surface area (Å²) in [5.74, 6) is -1.48. The normalized spacial score (nSPS) is 22.0. The Kier molecular flexibility index (Phi) is 6.45. The van der Waals surface area contributed by atoms with Crippen LogP contribution in [0.3, 0.4) is 0 Å². The second-order valence-corrected chi connectivity index (χ2v) is 7.23. The number of hydrogen-bond donors (Lipinski definition) is 1. The Labute approximate surface area is 186 Å². The number of H-pyrrole nitrogens is 1. The average molecular weight is 454 g/mol. The lowest BCUT2D eigenvalue weighted by Crippen LogP contribution is -2.38. The molecule has 1 aromatic heterocycles. The third-order valence-electron chi connectivity index (χ3n) is 5.03. The fourth-order valence-electron chi connectivity index (χ4n) is 3.40. The number of halogens is 1. The number of carbonyl (C=O) groups excluding carboxylic acids is 2. The van der Waals surface area contributed by atoms with Crippen molar-refractivity contribution in [1.29, 1.82) is 0 Å². The third kappa shape index (κ3) is 4.90. The Morgan fingerprint density at radius 2 is 1.55 bits per heavy atom. The monoisotopic (exact) mass is 454 g/mol. The molecular weight excluding hydrogens is 435 g/mol. The molecule has 0 bridgehead atoms. The lowest BCUT2D eigenvalue weighted by Gasteiger charge is -2.19. The van der Waals surface area contributed by atoms with Crippen LogP contribution < -0.4 is 11.2 Å². The molecule has 4 atom stereocenters. The highest BCUT2D eigenvalue weighted by atomic mass is 19.1. The summed E-state index contributed by atoms with van der Waals surface area (Å²) in [6.07, 6.45) is -5.10. The van der Waals surface area contributed by atoms with Crippen LogP contribution in [0.25, 0.3) is 0 Å². The minimum Gasteiger partial charge on any atom is -0.459 e. The number of aromatic nitrogens is 2. The molecule has 1 aliphatic rings. The quantitative estimate of drug-likeness (QED) is 0.565. The summed E-state index contributed by atoms with van der Waals surface area (Å²) >= 11 is 0. The van der Waals surface area contributed by atoms with Crippen molar-refractivity contribution in [3.8, 4) is 0 Å². The second-order valence-electron chi connectivity index (χ2n) is 7.23. The van der Waals surface area contributed by atoms with Gasteiger partial charge in [-0.1, -0.05) is 36.4 Å².